The van der Waals surface area contributed by atoms with Crippen LogP contribution >= 0.6 is 0 Å². The van der Waals surface area contributed by atoms with E-state index in [1.165, 1.54) is 0 Å². The molecule has 1 saturated carbocycles. The molecule has 0 aromatic carbocycles. The molecule has 0 aliphatic heterocycles. The predicted molar refractivity (Wildman–Crippen MR) is 53.2 cm³/mol. The fourth-order valence-corrected chi connectivity index (χ4v) is 1.77. The Balaban J connectivity index is 1.93. The van der Waals surface area contributed by atoms with Crippen LogP contribution in [0.3, 0.4) is 0 Å². The molecule has 1 aliphatic carbocycles. The molecule has 0 saturated heterocycles. The molecule has 0 amide bonds. The van der Waals surface area contributed by atoms with Crippen LogP contribution in [-0.4, -0.2) is 22.6 Å². The lowest BCUT2D eigenvalue weighted by Gasteiger charge is -2.37. The normalized spacial score (nSPS) is 18.6. The van der Waals surface area contributed by atoms with E-state index in [-0.39, 0.29) is 0 Å². The summed E-state index contributed by atoms with van der Waals surface area (Å²) < 4.78 is 0. The van der Waals surface area contributed by atoms with Crippen molar-refractivity contribution in [1.82, 2.24) is 4.98 Å². The van der Waals surface area contributed by atoms with E-state index in [4.69, 9.17) is 5.11 Å². The van der Waals surface area contributed by atoms with Crippen LogP contribution in [-0.2, 0) is 4.79 Å². The zero-order valence-corrected chi connectivity index (χ0v) is 7.92. The minimum atomic E-state index is -0.674. The van der Waals surface area contributed by atoms with E-state index in [1.54, 1.807) is 0 Å². The molecule has 1 aromatic rings. The highest BCUT2D eigenvalue weighted by molar-refractivity contribution is 5.76. The van der Waals surface area contributed by atoms with Gasteiger partial charge in [0.2, 0.25) is 0 Å². The fourth-order valence-electron chi connectivity index (χ4n) is 1.77. The highest BCUT2D eigenvalue weighted by Gasteiger charge is 2.44. The third-order valence-electron chi connectivity index (χ3n) is 2.99. The molecule has 0 spiro atoms. The Hall–Kier alpha value is -1.45. The summed E-state index contributed by atoms with van der Waals surface area (Å²) in [7, 11) is 0. The molecule has 0 bridgehead atoms. The van der Waals surface area contributed by atoms with Crippen LogP contribution in [0.2, 0.25) is 0 Å². The molecular weight excluding hydrogens is 180 g/mol. The Kier molecular flexibility index (Phi) is 2.19. The highest BCUT2D eigenvalue weighted by atomic mass is 16.4. The third kappa shape index (κ3) is 1.47. The van der Waals surface area contributed by atoms with Crippen LogP contribution in [0, 0.1) is 5.41 Å². The number of rotatable bonds is 4. The molecule has 4 heteroatoms. The van der Waals surface area contributed by atoms with Crippen molar-refractivity contribution in [3.8, 4) is 0 Å². The number of carbonyl (C=O) groups is 1. The molecule has 14 heavy (non-hydrogen) atoms. The molecule has 76 valence electrons. The highest BCUT2D eigenvalue weighted by Crippen LogP contribution is 2.41. The average Bonchev–Trinajstić information content (AvgIpc) is 2.53. The van der Waals surface area contributed by atoms with Gasteiger partial charge in [0, 0.05) is 18.9 Å². The second kappa shape index (κ2) is 3.36. The zero-order valence-electron chi connectivity index (χ0n) is 7.92. The van der Waals surface area contributed by atoms with Gasteiger partial charge < -0.3 is 15.4 Å². The van der Waals surface area contributed by atoms with Crippen LogP contribution in [0.15, 0.2) is 18.5 Å². The van der Waals surface area contributed by atoms with Crippen LogP contribution in [0.1, 0.15) is 19.3 Å². The van der Waals surface area contributed by atoms with Crippen molar-refractivity contribution in [2.75, 3.05) is 11.9 Å². The van der Waals surface area contributed by atoms with Gasteiger partial charge >= 0.3 is 5.97 Å². The van der Waals surface area contributed by atoms with Gasteiger partial charge in [-0.15, -0.1) is 0 Å². The number of anilines is 1. The molecule has 1 aromatic heterocycles. The second-order valence-corrected chi connectivity index (χ2v) is 3.89. The van der Waals surface area contributed by atoms with Crippen molar-refractivity contribution in [3.05, 3.63) is 18.5 Å². The van der Waals surface area contributed by atoms with E-state index >= 15 is 0 Å². The summed E-state index contributed by atoms with van der Waals surface area (Å²) in [6.45, 7) is 0.528. The Bertz CT molecular complexity index is 315. The zero-order chi connectivity index (χ0) is 10.0. The number of carboxylic acids is 1. The van der Waals surface area contributed by atoms with Crippen molar-refractivity contribution in [3.63, 3.8) is 0 Å². The van der Waals surface area contributed by atoms with Crippen molar-refractivity contribution < 1.29 is 9.90 Å². The molecule has 1 heterocycles. The lowest BCUT2D eigenvalue weighted by molar-refractivity contribution is -0.153. The predicted octanol–water partition coefficient (Wildman–Crippen LogP) is 1.68. The van der Waals surface area contributed by atoms with Gasteiger partial charge in [0.05, 0.1) is 11.1 Å². The quantitative estimate of drug-likeness (QED) is 0.683. The molecule has 0 atom stereocenters. The van der Waals surface area contributed by atoms with Crippen molar-refractivity contribution in [2.24, 2.45) is 5.41 Å². The SMILES string of the molecule is O=C(O)C1(CNc2cc[nH]c2)CCC1. The number of carboxylic acid groups (broad SMARTS) is 1. The maximum atomic E-state index is 11.0. The van der Waals surface area contributed by atoms with E-state index in [0.717, 1.165) is 24.9 Å². The number of hydrogen-bond donors (Lipinski definition) is 3. The van der Waals surface area contributed by atoms with Crippen LogP contribution in [0.4, 0.5) is 5.69 Å². The number of aliphatic carboxylic acids is 1. The molecule has 4 nitrogen and oxygen atoms in total. The Morgan fingerprint density at radius 3 is 2.86 bits per heavy atom. The Morgan fingerprint density at radius 1 is 1.64 bits per heavy atom. The van der Waals surface area contributed by atoms with Crippen molar-refractivity contribution >= 4 is 11.7 Å². The largest absolute Gasteiger partial charge is 0.481 e. The van der Waals surface area contributed by atoms with Crippen molar-refractivity contribution in [2.45, 2.75) is 19.3 Å². The number of aromatic amines is 1. The van der Waals surface area contributed by atoms with E-state index in [1.807, 2.05) is 18.5 Å². The van der Waals surface area contributed by atoms with Crippen LogP contribution in [0.25, 0.3) is 0 Å². The molecule has 0 radical (unpaired) electrons. The summed E-state index contributed by atoms with van der Waals surface area (Å²) in [5.41, 5.74) is 0.439. The topological polar surface area (TPSA) is 65.1 Å². The summed E-state index contributed by atoms with van der Waals surface area (Å²) >= 11 is 0. The van der Waals surface area contributed by atoms with Gasteiger partial charge in [0.15, 0.2) is 0 Å². The first-order valence-electron chi connectivity index (χ1n) is 4.83. The van der Waals surface area contributed by atoms with E-state index in [9.17, 15) is 4.79 Å². The standard InChI is InChI=1S/C10H14N2O2/c13-9(14)10(3-1-4-10)7-12-8-2-5-11-6-8/h2,5-6,11-12H,1,3-4,7H2,(H,13,14). The van der Waals surface area contributed by atoms with E-state index in [0.29, 0.717) is 6.54 Å². The smallest absolute Gasteiger partial charge is 0.311 e. The van der Waals surface area contributed by atoms with Crippen LogP contribution < -0.4 is 5.32 Å². The average molecular weight is 194 g/mol. The number of aromatic nitrogens is 1. The number of H-pyrrole nitrogens is 1. The second-order valence-electron chi connectivity index (χ2n) is 3.89. The first kappa shape index (κ1) is 9.12. The lowest BCUT2D eigenvalue weighted by Crippen LogP contribution is -2.43. The third-order valence-corrected chi connectivity index (χ3v) is 2.99. The van der Waals surface area contributed by atoms with Gasteiger partial charge in [-0.3, -0.25) is 4.79 Å². The van der Waals surface area contributed by atoms with Crippen LogP contribution in [0.5, 0.6) is 0 Å². The van der Waals surface area contributed by atoms with E-state index in [2.05, 4.69) is 10.3 Å². The first-order valence-corrected chi connectivity index (χ1v) is 4.83. The summed E-state index contributed by atoms with van der Waals surface area (Å²) in [6, 6.07) is 1.90. The van der Waals surface area contributed by atoms with Gasteiger partial charge in [-0.2, -0.15) is 0 Å². The Morgan fingerprint density at radius 2 is 2.43 bits per heavy atom. The maximum Gasteiger partial charge on any atom is 0.311 e. The Labute approximate surface area is 82.3 Å². The van der Waals surface area contributed by atoms with Gasteiger partial charge in [-0.05, 0) is 18.9 Å². The monoisotopic (exact) mass is 194 g/mol. The summed E-state index contributed by atoms with van der Waals surface area (Å²) in [5, 5.41) is 12.2. The van der Waals surface area contributed by atoms with E-state index < -0.39 is 11.4 Å². The molecule has 0 unspecified atom stereocenters. The van der Waals surface area contributed by atoms with Crippen molar-refractivity contribution in [1.29, 1.82) is 0 Å². The minimum absolute atomic E-state index is 0.517. The van der Waals surface area contributed by atoms with Gasteiger partial charge in [-0.1, -0.05) is 6.42 Å². The molecule has 1 fully saturated rings. The van der Waals surface area contributed by atoms with Gasteiger partial charge in [0.1, 0.15) is 0 Å². The number of hydrogen-bond acceptors (Lipinski definition) is 2. The molecule has 2 rings (SSSR count). The number of nitrogens with one attached hydrogen (secondary N) is 2. The summed E-state index contributed by atoms with van der Waals surface area (Å²) in [4.78, 5) is 13.9. The summed E-state index contributed by atoms with van der Waals surface area (Å²) in [6.07, 6.45) is 6.26. The van der Waals surface area contributed by atoms with Gasteiger partial charge in [0.25, 0.3) is 0 Å². The molecule has 1 aliphatic rings. The maximum absolute atomic E-state index is 11.0. The molecule has 3 N–H and O–H groups in total. The van der Waals surface area contributed by atoms with Gasteiger partial charge in [-0.25, -0.2) is 0 Å². The fraction of sp³-hybridized carbons (Fsp3) is 0.500. The molecular formula is C10H14N2O2. The summed E-state index contributed by atoms with van der Waals surface area (Å²) in [5.74, 6) is -0.674. The minimum Gasteiger partial charge on any atom is -0.481 e. The first-order chi connectivity index (χ1) is 6.73. The lowest BCUT2D eigenvalue weighted by atomic mass is 9.69.